The number of carbonyl (C=O) groups is 2. The Bertz CT molecular complexity index is 1120. The molecule has 10 heteroatoms. The minimum absolute atomic E-state index is 0.164. The molecule has 2 aliphatic heterocycles. The predicted octanol–water partition coefficient (Wildman–Crippen LogP) is 1.71. The number of ether oxygens (including phenoxy) is 1. The molecule has 2 aromatic rings. The first kappa shape index (κ1) is 22.0. The van der Waals surface area contributed by atoms with Crippen LogP contribution in [0.2, 0.25) is 0 Å². The van der Waals surface area contributed by atoms with Gasteiger partial charge in [-0.25, -0.2) is 13.4 Å². The van der Waals surface area contributed by atoms with Crippen LogP contribution in [-0.4, -0.2) is 68.4 Å². The number of amides is 2. The molecule has 0 radical (unpaired) electrons. The van der Waals surface area contributed by atoms with Gasteiger partial charge in [-0.3, -0.25) is 9.59 Å². The van der Waals surface area contributed by atoms with Crippen molar-refractivity contribution in [1.29, 1.82) is 0 Å². The van der Waals surface area contributed by atoms with E-state index < -0.39 is 10.0 Å². The van der Waals surface area contributed by atoms with Crippen LogP contribution in [0.4, 0.5) is 5.69 Å². The lowest BCUT2D eigenvalue weighted by atomic mass is 10.1. The summed E-state index contributed by atoms with van der Waals surface area (Å²) in [5.41, 5.74) is 0.915. The number of hydrazone groups is 1. The monoisotopic (exact) mass is 456 g/mol. The maximum atomic E-state index is 13.0. The van der Waals surface area contributed by atoms with Crippen molar-refractivity contribution >= 4 is 33.2 Å². The van der Waals surface area contributed by atoms with Gasteiger partial charge in [-0.05, 0) is 36.4 Å². The van der Waals surface area contributed by atoms with Gasteiger partial charge < -0.3 is 9.64 Å². The van der Waals surface area contributed by atoms with Gasteiger partial charge in [-0.15, -0.1) is 0 Å². The third kappa shape index (κ3) is 4.37. The number of rotatable bonds is 5. The Hall–Kier alpha value is -3.24. The SMILES string of the molecule is COc1ccc(S(=O)(=O)N2CCN(C(=O)C3=NN(c4ccccc4)C(=O)CC3)CC2)cc1. The second-order valence-electron chi connectivity index (χ2n) is 7.46. The number of piperazine rings is 1. The quantitative estimate of drug-likeness (QED) is 0.682. The number of anilines is 1. The first-order chi connectivity index (χ1) is 15.4. The molecule has 32 heavy (non-hydrogen) atoms. The van der Waals surface area contributed by atoms with Crippen LogP contribution in [0.3, 0.4) is 0 Å². The number of sulfonamides is 1. The average molecular weight is 457 g/mol. The fourth-order valence-corrected chi connectivity index (χ4v) is 5.11. The molecule has 168 valence electrons. The summed E-state index contributed by atoms with van der Waals surface area (Å²) in [6.45, 7) is 0.891. The van der Waals surface area contributed by atoms with E-state index in [1.54, 1.807) is 41.3 Å². The fraction of sp³-hybridized carbons (Fsp3) is 0.318. The molecule has 2 amide bonds. The van der Waals surface area contributed by atoms with E-state index in [4.69, 9.17) is 4.74 Å². The minimum Gasteiger partial charge on any atom is -0.497 e. The molecule has 2 aromatic carbocycles. The van der Waals surface area contributed by atoms with Crippen molar-refractivity contribution in [3.8, 4) is 5.75 Å². The van der Waals surface area contributed by atoms with Crippen LogP contribution in [0, 0.1) is 0 Å². The summed E-state index contributed by atoms with van der Waals surface area (Å²) in [6.07, 6.45) is 0.469. The highest BCUT2D eigenvalue weighted by atomic mass is 32.2. The molecule has 0 aromatic heterocycles. The Morgan fingerprint density at radius 2 is 1.59 bits per heavy atom. The van der Waals surface area contributed by atoms with Gasteiger partial charge in [0, 0.05) is 39.0 Å². The number of methoxy groups -OCH3 is 1. The topological polar surface area (TPSA) is 99.6 Å². The summed E-state index contributed by atoms with van der Waals surface area (Å²) < 4.78 is 32.3. The third-order valence-corrected chi connectivity index (χ3v) is 7.42. The summed E-state index contributed by atoms with van der Waals surface area (Å²) in [7, 11) is -2.14. The number of benzene rings is 2. The Kier molecular flexibility index (Phi) is 6.24. The Labute approximate surface area is 186 Å². The molecular formula is C22H24N4O5S. The molecule has 0 aliphatic carbocycles. The molecule has 0 saturated carbocycles. The van der Waals surface area contributed by atoms with Crippen molar-refractivity contribution in [2.24, 2.45) is 5.10 Å². The second kappa shape index (κ2) is 9.09. The predicted molar refractivity (Wildman–Crippen MR) is 119 cm³/mol. The van der Waals surface area contributed by atoms with Gasteiger partial charge in [0.05, 0.1) is 17.7 Å². The van der Waals surface area contributed by atoms with E-state index >= 15 is 0 Å². The smallest absolute Gasteiger partial charge is 0.270 e. The van der Waals surface area contributed by atoms with Gasteiger partial charge in [0.15, 0.2) is 0 Å². The molecule has 0 bridgehead atoms. The summed E-state index contributed by atoms with van der Waals surface area (Å²) >= 11 is 0. The van der Waals surface area contributed by atoms with E-state index in [9.17, 15) is 18.0 Å². The molecule has 0 unspecified atom stereocenters. The average Bonchev–Trinajstić information content (AvgIpc) is 2.84. The number of para-hydroxylation sites is 1. The summed E-state index contributed by atoms with van der Waals surface area (Å²) in [4.78, 5) is 27.1. The molecule has 2 aliphatic rings. The van der Waals surface area contributed by atoms with Gasteiger partial charge in [-0.1, -0.05) is 18.2 Å². The molecule has 2 heterocycles. The molecular weight excluding hydrogens is 432 g/mol. The summed E-state index contributed by atoms with van der Waals surface area (Å²) in [5.74, 6) is 0.152. The number of hydrogen-bond acceptors (Lipinski definition) is 6. The van der Waals surface area contributed by atoms with Crippen LogP contribution >= 0.6 is 0 Å². The van der Waals surface area contributed by atoms with Crippen molar-refractivity contribution < 1.29 is 22.7 Å². The van der Waals surface area contributed by atoms with Crippen LogP contribution in [0.1, 0.15) is 12.8 Å². The Morgan fingerprint density at radius 1 is 0.938 bits per heavy atom. The lowest BCUT2D eigenvalue weighted by Crippen LogP contribution is -2.52. The highest BCUT2D eigenvalue weighted by molar-refractivity contribution is 7.89. The third-order valence-electron chi connectivity index (χ3n) is 5.50. The largest absolute Gasteiger partial charge is 0.497 e. The van der Waals surface area contributed by atoms with Crippen LogP contribution < -0.4 is 9.75 Å². The van der Waals surface area contributed by atoms with Crippen molar-refractivity contribution in [2.45, 2.75) is 17.7 Å². The van der Waals surface area contributed by atoms with Gasteiger partial charge >= 0.3 is 0 Å². The van der Waals surface area contributed by atoms with E-state index in [1.807, 2.05) is 6.07 Å². The van der Waals surface area contributed by atoms with Crippen LogP contribution in [-0.2, 0) is 19.6 Å². The van der Waals surface area contributed by atoms with Gasteiger partial charge in [0.1, 0.15) is 11.5 Å². The van der Waals surface area contributed by atoms with Crippen LogP contribution in [0.15, 0.2) is 64.6 Å². The summed E-state index contributed by atoms with van der Waals surface area (Å²) in [6, 6.07) is 15.2. The molecule has 9 nitrogen and oxygen atoms in total. The van der Waals surface area contributed by atoms with E-state index in [1.165, 1.54) is 28.6 Å². The van der Waals surface area contributed by atoms with Crippen molar-refractivity contribution in [3.05, 3.63) is 54.6 Å². The highest BCUT2D eigenvalue weighted by Crippen LogP contribution is 2.23. The molecule has 4 rings (SSSR count). The lowest BCUT2D eigenvalue weighted by Gasteiger charge is -2.35. The van der Waals surface area contributed by atoms with Crippen molar-refractivity contribution in [2.75, 3.05) is 38.3 Å². The van der Waals surface area contributed by atoms with Crippen molar-refractivity contribution in [1.82, 2.24) is 9.21 Å². The maximum absolute atomic E-state index is 13.0. The van der Waals surface area contributed by atoms with Crippen molar-refractivity contribution in [3.63, 3.8) is 0 Å². The first-order valence-electron chi connectivity index (χ1n) is 10.3. The molecule has 1 saturated heterocycles. The molecule has 0 N–H and O–H groups in total. The van der Waals surface area contributed by atoms with Gasteiger partial charge in [0.2, 0.25) is 15.9 Å². The van der Waals surface area contributed by atoms with E-state index in [0.717, 1.165) is 0 Å². The Morgan fingerprint density at radius 3 is 2.22 bits per heavy atom. The highest BCUT2D eigenvalue weighted by Gasteiger charge is 2.33. The first-order valence-corrected chi connectivity index (χ1v) is 11.7. The van der Waals surface area contributed by atoms with E-state index in [-0.39, 0.29) is 55.7 Å². The minimum atomic E-state index is -3.66. The van der Waals surface area contributed by atoms with E-state index in [0.29, 0.717) is 17.1 Å². The zero-order valence-electron chi connectivity index (χ0n) is 17.7. The number of carbonyl (C=O) groups excluding carboxylic acids is 2. The fourth-order valence-electron chi connectivity index (χ4n) is 3.69. The molecule has 0 spiro atoms. The van der Waals surface area contributed by atoms with Crippen LogP contribution in [0.5, 0.6) is 5.75 Å². The normalized spacial score (nSPS) is 17.8. The van der Waals surface area contributed by atoms with Gasteiger partial charge in [0.25, 0.3) is 5.91 Å². The molecule has 1 fully saturated rings. The zero-order valence-corrected chi connectivity index (χ0v) is 18.5. The van der Waals surface area contributed by atoms with E-state index in [2.05, 4.69) is 5.10 Å². The number of nitrogens with zero attached hydrogens (tertiary/aromatic N) is 4. The number of hydrogen-bond donors (Lipinski definition) is 0. The molecule has 0 atom stereocenters. The van der Waals surface area contributed by atoms with Crippen LogP contribution in [0.25, 0.3) is 0 Å². The zero-order chi connectivity index (χ0) is 22.7. The Balaban J connectivity index is 1.43. The van der Waals surface area contributed by atoms with Gasteiger partial charge in [-0.2, -0.15) is 9.41 Å². The standard InChI is InChI=1S/C22H24N4O5S/c1-31-18-7-9-19(10-8-18)32(29,30)25-15-13-24(14-16-25)22(28)20-11-12-21(27)26(23-20)17-5-3-2-4-6-17/h2-10H,11-16H2,1H3. The summed E-state index contributed by atoms with van der Waals surface area (Å²) in [5, 5.41) is 5.57. The second-order valence-corrected chi connectivity index (χ2v) is 9.40. The maximum Gasteiger partial charge on any atom is 0.270 e. The lowest BCUT2D eigenvalue weighted by molar-refractivity contribution is -0.125.